The molecule has 2 amide bonds. The Balaban J connectivity index is 1.45. The van der Waals surface area contributed by atoms with Crippen LogP contribution in [0.15, 0.2) is 48.7 Å². The summed E-state index contributed by atoms with van der Waals surface area (Å²) in [6, 6.07) is 12.3. The van der Waals surface area contributed by atoms with Crippen molar-refractivity contribution in [3.63, 3.8) is 0 Å². The van der Waals surface area contributed by atoms with Crippen molar-refractivity contribution >= 4 is 23.3 Å². The molecule has 28 heavy (non-hydrogen) atoms. The van der Waals surface area contributed by atoms with Gasteiger partial charge >= 0.3 is 0 Å². The van der Waals surface area contributed by atoms with Gasteiger partial charge in [0.2, 0.25) is 5.91 Å². The fraction of sp³-hybridized carbons (Fsp3) is 0.381. The predicted molar refractivity (Wildman–Crippen MR) is 106 cm³/mol. The van der Waals surface area contributed by atoms with Gasteiger partial charge < -0.3 is 15.4 Å². The molecule has 1 aliphatic heterocycles. The molecule has 1 saturated heterocycles. The highest BCUT2D eigenvalue weighted by molar-refractivity contribution is 6.05. The first-order valence-electron chi connectivity index (χ1n) is 9.64. The number of carbonyl (C=O) groups is 2. The summed E-state index contributed by atoms with van der Waals surface area (Å²) < 4.78 is 5.43. The molecule has 1 aromatic heterocycles. The minimum atomic E-state index is -0.448. The highest BCUT2D eigenvalue weighted by Crippen LogP contribution is 2.39. The normalized spacial score (nSPS) is 18.7. The standard InChI is InChI=1S/C21H24N4O3/c26-19(24-18-7-1-2-10-22-18)16-5-3-6-17(15-16)23-20(27)21(8-4-9-21)25-11-13-28-14-12-25/h1-3,5-7,10,15H,4,8-9,11-14H2,(H,23,27)(H,22,24,26). The molecule has 2 N–H and O–H groups in total. The molecule has 1 saturated carbocycles. The lowest BCUT2D eigenvalue weighted by molar-refractivity contribution is -0.139. The number of morpholine rings is 1. The Morgan fingerprint density at radius 3 is 2.54 bits per heavy atom. The Morgan fingerprint density at radius 2 is 1.86 bits per heavy atom. The monoisotopic (exact) mass is 380 g/mol. The minimum Gasteiger partial charge on any atom is -0.379 e. The predicted octanol–water partition coefficient (Wildman–Crippen LogP) is 2.53. The van der Waals surface area contributed by atoms with E-state index in [2.05, 4.69) is 20.5 Å². The summed E-state index contributed by atoms with van der Waals surface area (Å²) in [6.45, 7) is 2.89. The third-order valence-corrected chi connectivity index (χ3v) is 5.51. The molecule has 0 unspecified atom stereocenters. The molecule has 0 atom stereocenters. The Kier molecular flexibility index (Phi) is 5.36. The van der Waals surface area contributed by atoms with Crippen LogP contribution in [0.1, 0.15) is 29.6 Å². The van der Waals surface area contributed by atoms with E-state index in [4.69, 9.17) is 4.74 Å². The van der Waals surface area contributed by atoms with Gasteiger partial charge in [-0.05, 0) is 49.6 Å². The zero-order valence-corrected chi connectivity index (χ0v) is 15.7. The first-order valence-corrected chi connectivity index (χ1v) is 9.64. The number of hydrogen-bond donors (Lipinski definition) is 2. The van der Waals surface area contributed by atoms with E-state index in [1.54, 1.807) is 42.6 Å². The molecule has 7 nitrogen and oxygen atoms in total. The van der Waals surface area contributed by atoms with Crippen LogP contribution in [0.4, 0.5) is 11.5 Å². The van der Waals surface area contributed by atoms with Gasteiger partial charge in [-0.3, -0.25) is 14.5 Å². The molecule has 2 aliphatic rings. The Hall–Kier alpha value is -2.77. The summed E-state index contributed by atoms with van der Waals surface area (Å²) in [7, 11) is 0. The van der Waals surface area contributed by atoms with Crippen LogP contribution < -0.4 is 10.6 Å². The summed E-state index contributed by atoms with van der Waals surface area (Å²) in [5.41, 5.74) is 0.645. The number of aromatic nitrogens is 1. The van der Waals surface area contributed by atoms with Crippen LogP contribution in [0.25, 0.3) is 0 Å². The quantitative estimate of drug-likeness (QED) is 0.833. The van der Waals surface area contributed by atoms with Crippen LogP contribution in [-0.2, 0) is 9.53 Å². The van der Waals surface area contributed by atoms with Gasteiger partial charge in [-0.15, -0.1) is 0 Å². The molecule has 4 rings (SSSR count). The maximum absolute atomic E-state index is 13.1. The number of nitrogens with zero attached hydrogens (tertiary/aromatic N) is 2. The van der Waals surface area contributed by atoms with Crippen molar-refractivity contribution in [1.82, 2.24) is 9.88 Å². The first-order chi connectivity index (χ1) is 13.7. The van der Waals surface area contributed by atoms with Crippen molar-refractivity contribution < 1.29 is 14.3 Å². The lowest BCUT2D eigenvalue weighted by atomic mass is 9.74. The Bertz CT molecular complexity index is 846. The van der Waals surface area contributed by atoms with E-state index in [1.165, 1.54) is 0 Å². The number of pyridine rings is 1. The molecule has 1 aromatic carbocycles. The fourth-order valence-electron chi connectivity index (χ4n) is 3.80. The summed E-state index contributed by atoms with van der Waals surface area (Å²) in [6.07, 6.45) is 4.39. The number of ether oxygens (including phenoxy) is 1. The summed E-state index contributed by atoms with van der Waals surface area (Å²) in [5.74, 6) is 0.229. The molecular formula is C21H24N4O3. The zero-order chi connectivity index (χ0) is 19.4. The van der Waals surface area contributed by atoms with Gasteiger partial charge in [0, 0.05) is 30.5 Å². The van der Waals surface area contributed by atoms with Gasteiger partial charge in [0.15, 0.2) is 0 Å². The maximum atomic E-state index is 13.1. The van der Waals surface area contributed by atoms with Crippen LogP contribution in [0.5, 0.6) is 0 Å². The molecule has 0 spiro atoms. The molecule has 2 heterocycles. The molecule has 0 radical (unpaired) electrons. The van der Waals surface area contributed by atoms with Gasteiger partial charge in [0.1, 0.15) is 11.4 Å². The highest BCUT2D eigenvalue weighted by atomic mass is 16.5. The highest BCUT2D eigenvalue weighted by Gasteiger charge is 2.49. The molecule has 7 heteroatoms. The largest absolute Gasteiger partial charge is 0.379 e. The number of benzene rings is 1. The average Bonchev–Trinajstić information content (AvgIpc) is 2.69. The van der Waals surface area contributed by atoms with Crippen LogP contribution in [0.2, 0.25) is 0 Å². The third-order valence-electron chi connectivity index (χ3n) is 5.51. The molecule has 0 bridgehead atoms. The SMILES string of the molecule is O=C(Nc1ccccn1)c1cccc(NC(=O)C2(N3CCOCC3)CCC2)c1. The number of hydrogen-bond acceptors (Lipinski definition) is 5. The van der Waals surface area contributed by atoms with Crippen LogP contribution in [0, 0.1) is 0 Å². The number of carbonyl (C=O) groups excluding carboxylic acids is 2. The fourth-order valence-corrected chi connectivity index (χ4v) is 3.80. The van der Waals surface area contributed by atoms with Crippen molar-refractivity contribution in [2.75, 3.05) is 36.9 Å². The van der Waals surface area contributed by atoms with E-state index in [-0.39, 0.29) is 11.8 Å². The van der Waals surface area contributed by atoms with Gasteiger partial charge in [-0.2, -0.15) is 0 Å². The first kappa shape index (κ1) is 18.6. The number of amides is 2. The second kappa shape index (κ2) is 8.08. The molecule has 2 aromatic rings. The van der Waals surface area contributed by atoms with Crippen molar-refractivity contribution in [2.24, 2.45) is 0 Å². The second-order valence-corrected chi connectivity index (χ2v) is 7.19. The van der Waals surface area contributed by atoms with Crippen LogP contribution >= 0.6 is 0 Å². The van der Waals surface area contributed by atoms with Gasteiger partial charge in [0.25, 0.3) is 5.91 Å². The van der Waals surface area contributed by atoms with Crippen molar-refractivity contribution in [1.29, 1.82) is 0 Å². The van der Waals surface area contributed by atoms with E-state index < -0.39 is 5.54 Å². The van der Waals surface area contributed by atoms with E-state index in [0.29, 0.717) is 30.3 Å². The van der Waals surface area contributed by atoms with Crippen molar-refractivity contribution in [3.05, 3.63) is 54.2 Å². The Morgan fingerprint density at radius 1 is 1.04 bits per heavy atom. The van der Waals surface area contributed by atoms with E-state index in [1.807, 2.05) is 6.07 Å². The van der Waals surface area contributed by atoms with E-state index in [9.17, 15) is 9.59 Å². The number of rotatable bonds is 5. The third kappa shape index (κ3) is 3.76. The topological polar surface area (TPSA) is 83.6 Å². The van der Waals surface area contributed by atoms with Crippen molar-refractivity contribution in [3.8, 4) is 0 Å². The summed E-state index contributed by atoms with van der Waals surface area (Å²) in [5, 5.41) is 5.78. The van der Waals surface area contributed by atoms with Gasteiger partial charge in [-0.1, -0.05) is 12.1 Å². The smallest absolute Gasteiger partial charge is 0.256 e. The number of nitrogens with one attached hydrogen (secondary N) is 2. The van der Waals surface area contributed by atoms with Gasteiger partial charge in [0.05, 0.1) is 13.2 Å². The van der Waals surface area contributed by atoms with Crippen LogP contribution in [-0.4, -0.2) is 53.5 Å². The second-order valence-electron chi connectivity index (χ2n) is 7.19. The van der Waals surface area contributed by atoms with Crippen LogP contribution in [0.3, 0.4) is 0 Å². The maximum Gasteiger partial charge on any atom is 0.256 e. The molecule has 1 aliphatic carbocycles. The Labute approximate surface area is 164 Å². The zero-order valence-electron chi connectivity index (χ0n) is 15.7. The molecule has 2 fully saturated rings. The minimum absolute atomic E-state index is 0.00272. The lowest BCUT2D eigenvalue weighted by Crippen LogP contribution is -2.63. The number of anilines is 2. The lowest BCUT2D eigenvalue weighted by Gasteiger charge is -2.49. The summed E-state index contributed by atoms with van der Waals surface area (Å²) >= 11 is 0. The summed E-state index contributed by atoms with van der Waals surface area (Å²) in [4.78, 5) is 31.9. The molecular weight excluding hydrogens is 356 g/mol. The molecule has 146 valence electrons. The van der Waals surface area contributed by atoms with Crippen molar-refractivity contribution in [2.45, 2.75) is 24.8 Å². The van der Waals surface area contributed by atoms with E-state index >= 15 is 0 Å². The average molecular weight is 380 g/mol. The van der Waals surface area contributed by atoms with Gasteiger partial charge in [-0.25, -0.2) is 4.98 Å². The van der Waals surface area contributed by atoms with E-state index in [0.717, 1.165) is 32.4 Å².